The zero-order valence-electron chi connectivity index (χ0n) is 21.5. The number of methoxy groups -OCH3 is 1. The number of ether oxygens (including phenoxy) is 1. The summed E-state index contributed by atoms with van der Waals surface area (Å²) in [6.07, 6.45) is 11.4. The summed E-state index contributed by atoms with van der Waals surface area (Å²) in [5, 5.41) is 23.7. The van der Waals surface area contributed by atoms with Crippen molar-refractivity contribution in [3.63, 3.8) is 0 Å². The van der Waals surface area contributed by atoms with E-state index < -0.39 is 5.95 Å². The number of aromatic nitrogens is 4. The lowest BCUT2D eigenvalue weighted by Gasteiger charge is -2.55. The molecule has 0 unspecified atom stereocenters. The van der Waals surface area contributed by atoms with Gasteiger partial charge in [-0.2, -0.15) is 4.39 Å². The molecule has 2 aliphatic heterocycles. The van der Waals surface area contributed by atoms with Gasteiger partial charge in [-0.3, -0.25) is 0 Å². The van der Waals surface area contributed by atoms with Gasteiger partial charge in [-0.1, -0.05) is 6.07 Å². The highest BCUT2D eigenvalue weighted by Gasteiger charge is 2.49. The van der Waals surface area contributed by atoms with E-state index in [0.29, 0.717) is 34.6 Å². The van der Waals surface area contributed by atoms with Gasteiger partial charge < -0.3 is 20.1 Å². The Balaban J connectivity index is 1.25. The number of hydrogen-bond donors (Lipinski definition) is 2. The Morgan fingerprint density at radius 3 is 2.38 bits per heavy atom. The minimum atomic E-state index is -0.678. The summed E-state index contributed by atoms with van der Waals surface area (Å²) in [4.78, 5) is 10.8. The van der Waals surface area contributed by atoms with Crippen LogP contribution >= 0.6 is 0 Å². The van der Waals surface area contributed by atoms with Crippen LogP contribution in [0.25, 0.3) is 22.5 Å². The lowest BCUT2D eigenvalue weighted by Crippen LogP contribution is -2.67. The first-order valence-electron chi connectivity index (χ1n) is 13.1. The van der Waals surface area contributed by atoms with E-state index in [1.165, 1.54) is 45.4 Å². The molecule has 3 atom stereocenters. The average molecular weight is 505 g/mol. The number of fused-ring (bicyclic) bond motifs is 2. The highest BCUT2D eigenvalue weighted by atomic mass is 19.1. The number of phenolic OH excluding ortho intramolecular Hbond substituents is 1. The van der Waals surface area contributed by atoms with Crippen LogP contribution in [-0.4, -0.2) is 55.5 Å². The standard InChI is InChI=1S/C28H33FN6O2/c1-27-9-4-10-28(2,34-27)14-20(13-27)35(19-6-7-19)24-16-31-26(33-32-24)21-8-5-17(11-22(21)36)18-12-23(37-3)25(29)30-15-18/h5,8,11-12,15-16,19-20,34,36H,4,6-7,9-10,13-14H2,1-3H3/t20-,27-,28+. The van der Waals surface area contributed by atoms with Gasteiger partial charge in [0.1, 0.15) is 5.75 Å². The lowest BCUT2D eigenvalue weighted by atomic mass is 9.69. The fourth-order valence-corrected chi connectivity index (χ4v) is 6.50. The molecular formula is C28H33FN6O2. The van der Waals surface area contributed by atoms with E-state index in [9.17, 15) is 9.50 Å². The number of piperidine rings is 2. The summed E-state index contributed by atoms with van der Waals surface area (Å²) in [5.41, 5.74) is 2.10. The highest BCUT2D eigenvalue weighted by molar-refractivity contribution is 5.73. The van der Waals surface area contributed by atoms with E-state index in [1.54, 1.807) is 24.4 Å². The van der Waals surface area contributed by atoms with Crippen LogP contribution < -0.4 is 15.0 Å². The summed E-state index contributed by atoms with van der Waals surface area (Å²) in [6.45, 7) is 4.72. The molecule has 3 aromatic rings. The summed E-state index contributed by atoms with van der Waals surface area (Å²) in [6, 6.07) is 7.59. The van der Waals surface area contributed by atoms with Crippen LogP contribution in [0.2, 0.25) is 0 Å². The van der Waals surface area contributed by atoms with E-state index in [4.69, 9.17) is 4.74 Å². The molecule has 37 heavy (non-hydrogen) atoms. The molecule has 1 aliphatic carbocycles. The van der Waals surface area contributed by atoms with E-state index in [0.717, 1.165) is 18.7 Å². The molecule has 0 radical (unpaired) electrons. The van der Waals surface area contributed by atoms with Crippen molar-refractivity contribution in [3.8, 4) is 34.0 Å². The maximum absolute atomic E-state index is 13.7. The number of benzene rings is 1. The second kappa shape index (κ2) is 8.90. The smallest absolute Gasteiger partial charge is 0.255 e. The number of phenols is 1. The van der Waals surface area contributed by atoms with Gasteiger partial charge in [-0.15, -0.1) is 10.2 Å². The molecule has 2 N–H and O–H groups in total. The zero-order valence-corrected chi connectivity index (χ0v) is 21.5. The van der Waals surface area contributed by atoms with Gasteiger partial charge in [-0.25, -0.2) is 9.97 Å². The minimum absolute atomic E-state index is 0.0152. The molecule has 194 valence electrons. The second-order valence-electron chi connectivity index (χ2n) is 11.4. The van der Waals surface area contributed by atoms with Gasteiger partial charge in [0.15, 0.2) is 17.4 Å². The number of nitrogens with one attached hydrogen (secondary N) is 1. The van der Waals surface area contributed by atoms with Crippen molar-refractivity contribution in [2.75, 3.05) is 12.0 Å². The van der Waals surface area contributed by atoms with Gasteiger partial charge in [0.25, 0.3) is 5.95 Å². The topological polar surface area (TPSA) is 96.3 Å². The Kier molecular flexibility index (Phi) is 5.78. The zero-order chi connectivity index (χ0) is 25.8. The summed E-state index contributed by atoms with van der Waals surface area (Å²) >= 11 is 0. The number of nitrogens with zero attached hydrogens (tertiary/aromatic N) is 5. The molecular weight excluding hydrogens is 471 g/mol. The Labute approximate surface area is 216 Å². The number of aromatic hydroxyl groups is 1. The largest absolute Gasteiger partial charge is 0.507 e. The number of pyridine rings is 1. The van der Waals surface area contributed by atoms with Crippen LogP contribution in [-0.2, 0) is 0 Å². The maximum Gasteiger partial charge on any atom is 0.255 e. The third kappa shape index (κ3) is 4.61. The summed E-state index contributed by atoms with van der Waals surface area (Å²) in [5.74, 6) is 0.553. The van der Waals surface area contributed by atoms with Crippen molar-refractivity contribution < 1.29 is 14.2 Å². The van der Waals surface area contributed by atoms with Crippen molar-refractivity contribution in [2.24, 2.45) is 0 Å². The van der Waals surface area contributed by atoms with E-state index >= 15 is 0 Å². The Bertz CT molecular complexity index is 1300. The number of anilines is 1. The van der Waals surface area contributed by atoms with Crippen molar-refractivity contribution in [1.29, 1.82) is 0 Å². The van der Waals surface area contributed by atoms with Crippen molar-refractivity contribution in [3.05, 3.63) is 42.6 Å². The fraction of sp³-hybridized carbons (Fsp3) is 0.500. The quantitative estimate of drug-likeness (QED) is 0.459. The SMILES string of the molecule is COc1cc(-c2ccc(-c3ncc(N(C4CC4)[C@H]4C[C@]5(C)CCC[C@](C)(C4)N5)nn3)c(O)c2)cnc1F. The summed E-state index contributed by atoms with van der Waals surface area (Å²) in [7, 11) is 1.39. The van der Waals surface area contributed by atoms with E-state index in [2.05, 4.69) is 44.2 Å². The molecule has 0 spiro atoms. The molecule has 3 aliphatic rings. The molecule has 4 heterocycles. The van der Waals surface area contributed by atoms with Gasteiger partial charge in [0.2, 0.25) is 0 Å². The van der Waals surface area contributed by atoms with Crippen LogP contribution in [0.15, 0.2) is 36.7 Å². The van der Waals surface area contributed by atoms with Gasteiger partial charge >= 0.3 is 0 Å². The third-order valence-electron chi connectivity index (χ3n) is 8.18. The minimum Gasteiger partial charge on any atom is -0.507 e. The van der Waals surface area contributed by atoms with Gasteiger partial charge in [0, 0.05) is 34.9 Å². The highest BCUT2D eigenvalue weighted by Crippen LogP contribution is 2.45. The number of halogens is 1. The fourth-order valence-electron chi connectivity index (χ4n) is 6.50. The normalized spacial score (nSPS) is 27.1. The maximum atomic E-state index is 13.7. The molecule has 2 aromatic heterocycles. The van der Waals surface area contributed by atoms with Crippen LogP contribution in [0.3, 0.4) is 0 Å². The van der Waals surface area contributed by atoms with Crippen molar-refractivity contribution in [1.82, 2.24) is 25.5 Å². The molecule has 6 rings (SSSR count). The Morgan fingerprint density at radius 2 is 1.76 bits per heavy atom. The molecule has 2 saturated heterocycles. The third-order valence-corrected chi connectivity index (χ3v) is 8.18. The Hall–Kier alpha value is -3.33. The molecule has 8 nitrogen and oxygen atoms in total. The van der Waals surface area contributed by atoms with Crippen LogP contribution in [0.1, 0.15) is 58.8 Å². The number of hydrogen-bond acceptors (Lipinski definition) is 8. The van der Waals surface area contributed by atoms with Crippen molar-refractivity contribution >= 4 is 5.82 Å². The molecule has 0 amide bonds. The average Bonchev–Trinajstić information content (AvgIpc) is 3.69. The van der Waals surface area contributed by atoms with Gasteiger partial charge in [-0.05, 0) is 82.6 Å². The number of rotatable bonds is 6. The first-order valence-corrected chi connectivity index (χ1v) is 13.1. The molecule has 2 bridgehead atoms. The van der Waals surface area contributed by atoms with E-state index in [-0.39, 0.29) is 22.6 Å². The van der Waals surface area contributed by atoms with Crippen LogP contribution in [0, 0.1) is 5.95 Å². The molecule has 9 heteroatoms. The van der Waals surface area contributed by atoms with Gasteiger partial charge in [0.05, 0.1) is 18.9 Å². The predicted molar refractivity (Wildman–Crippen MR) is 139 cm³/mol. The first-order chi connectivity index (χ1) is 17.8. The summed E-state index contributed by atoms with van der Waals surface area (Å²) < 4.78 is 18.7. The van der Waals surface area contributed by atoms with E-state index in [1.807, 2.05) is 6.07 Å². The first kappa shape index (κ1) is 24.0. The Morgan fingerprint density at radius 1 is 1.00 bits per heavy atom. The molecule has 1 saturated carbocycles. The van der Waals surface area contributed by atoms with Crippen molar-refractivity contribution in [2.45, 2.75) is 82.0 Å². The molecule has 1 aromatic carbocycles. The van der Waals surface area contributed by atoms with Crippen LogP contribution in [0.4, 0.5) is 10.2 Å². The monoisotopic (exact) mass is 504 g/mol. The second-order valence-corrected chi connectivity index (χ2v) is 11.4. The predicted octanol–water partition coefficient (Wildman–Crippen LogP) is 4.88. The van der Waals surface area contributed by atoms with Crippen LogP contribution in [0.5, 0.6) is 11.5 Å². The molecule has 3 fully saturated rings. The lowest BCUT2D eigenvalue weighted by molar-refractivity contribution is 0.0766.